The van der Waals surface area contributed by atoms with Crippen LogP contribution in [0, 0.1) is 0 Å². The highest BCUT2D eigenvalue weighted by molar-refractivity contribution is 6.30. The molecule has 19 heavy (non-hydrogen) atoms. The summed E-state index contributed by atoms with van der Waals surface area (Å²) in [6, 6.07) is 5.98. The summed E-state index contributed by atoms with van der Waals surface area (Å²) >= 11 is 6.03. The number of nitrogens with zero attached hydrogens (tertiary/aromatic N) is 1. The molecular weight excluding hydrogens is 258 g/mol. The van der Waals surface area contributed by atoms with Gasteiger partial charge in [0.15, 0.2) is 0 Å². The quantitative estimate of drug-likeness (QED) is 0.767. The first-order chi connectivity index (χ1) is 9.07. The van der Waals surface area contributed by atoms with Crippen LogP contribution in [0.5, 0.6) is 0 Å². The summed E-state index contributed by atoms with van der Waals surface area (Å²) in [4.78, 5) is 8.18. The van der Waals surface area contributed by atoms with Gasteiger partial charge in [0.05, 0.1) is 11.2 Å². The summed E-state index contributed by atoms with van der Waals surface area (Å²) in [6.45, 7) is 4.20. The van der Waals surface area contributed by atoms with E-state index in [2.05, 4.69) is 18.8 Å². The molecular formula is C15H18ClN3. The number of imidazole rings is 1. The van der Waals surface area contributed by atoms with Gasteiger partial charge in [-0.2, -0.15) is 0 Å². The van der Waals surface area contributed by atoms with Crippen LogP contribution in [-0.4, -0.2) is 9.97 Å². The van der Waals surface area contributed by atoms with Crippen molar-refractivity contribution in [2.75, 3.05) is 0 Å². The zero-order valence-electron chi connectivity index (χ0n) is 11.3. The Kier molecular flexibility index (Phi) is 2.91. The van der Waals surface area contributed by atoms with Gasteiger partial charge >= 0.3 is 0 Å². The molecule has 4 heteroatoms. The fourth-order valence-electron chi connectivity index (χ4n) is 2.71. The number of fused-ring (bicyclic) bond motifs is 3. The molecule has 100 valence electrons. The van der Waals surface area contributed by atoms with Crippen LogP contribution in [0.25, 0.3) is 11.3 Å². The van der Waals surface area contributed by atoms with E-state index in [4.69, 9.17) is 22.3 Å². The summed E-state index contributed by atoms with van der Waals surface area (Å²) in [5, 5.41) is 0.777. The lowest BCUT2D eigenvalue weighted by molar-refractivity contribution is 0.390. The van der Waals surface area contributed by atoms with Crippen LogP contribution in [0.4, 0.5) is 0 Å². The number of H-pyrrole nitrogens is 1. The molecule has 3 nitrogen and oxygen atoms in total. The van der Waals surface area contributed by atoms with E-state index in [1.165, 1.54) is 11.1 Å². The van der Waals surface area contributed by atoms with Gasteiger partial charge in [0.2, 0.25) is 0 Å². The molecule has 0 aliphatic heterocycles. The second-order valence-electron chi connectivity index (χ2n) is 5.25. The molecule has 1 aromatic heterocycles. The van der Waals surface area contributed by atoms with E-state index in [0.717, 1.165) is 41.5 Å². The topological polar surface area (TPSA) is 54.7 Å². The van der Waals surface area contributed by atoms with E-state index in [0.29, 0.717) is 0 Å². The SMILES string of the molecule is CCC(N)(CC)c1nc2c([nH]1)Cc1cc(Cl)ccc1-2. The van der Waals surface area contributed by atoms with E-state index in [1.54, 1.807) is 0 Å². The molecule has 0 radical (unpaired) electrons. The van der Waals surface area contributed by atoms with Crippen LogP contribution < -0.4 is 5.73 Å². The zero-order chi connectivity index (χ0) is 13.6. The number of aromatic amines is 1. The van der Waals surface area contributed by atoms with E-state index in [1.807, 2.05) is 18.2 Å². The Bertz CT molecular complexity index is 626. The molecule has 3 rings (SSSR count). The smallest absolute Gasteiger partial charge is 0.127 e. The van der Waals surface area contributed by atoms with Crippen molar-refractivity contribution in [3.8, 4) is 11.3 Å². The zero-order valence-corrected chi connectivity index (χ0v) is 12.0. The molecule has 0 fully saturated rings. The number of halogens is 1. The molecule has 2 aromatic rings. The first-order valence-corrected chi connectivity index (χ1v) is 7.12. The van der Waals surface area contributed by atoms with Crippen molar-refractivity contribution >= 4 is 11.6 Å². The van der Waals surface area contributed by atoms with E-state index >= 15 is 0 Å². The lowest BCUT2D eigenvalue weighted by Gasteiger charge is -2.24. The number of nitrogens with two attached hydrogens (primary N) is 1. The third-order valence-electron chi connectivity index (χ3n) is 4.20. The number of hydrogen-bond acceptors (Lipinski definition) is 2. The Balaban J connectivity index is 2.07. The third kappa shape index (κ3) is 1.88. The predicted molar refractivity (Wildman–Crippen MR) is 78.3 cm³/mol. The van der Waals surface area contributed by atoms with Gasteiger partial charge in [-0.1, -0.05) is 31.5 Å². The fourth-order valence-corrected chi connectivity index (χ4v) is 2.91. The van der Waals surface area contributed by atoms with Crippen LogP contribution in [0.15, 0.2) is 18.2 Å². The Morgan fingerprint density at radius 2 is 2.11 bits per heavy atom. The summed E-state index contributed by atoms with van der Waals surface area (Å²) < 4.78 is 0. The largest absolute Gasteiger partial charge is 0.343 e. The third-order valence-corrected chi connectivity index (χ3v) is 4.44. The van der Waals surface area contributed by atoms with Crippen molar-refractivity contribution in [1.29, 1.82) is 0 Å². The minimum atomic E-state index is -0.350. The van der Waals surface area contributed by atoms with Gasteiger partial charge in [-0.15, -0.1) is 0 Å². The lowest BCUT2D eigenvalue weighted by Crippen LogP contribution is -2.36. The van der Waals surface area contributed by atoms with E-state index < -0.39 is 0 Å². The number of benzene rings is 1. The molecule has 1 heterocycles. The fraction of sp³-hybridized carbons (Fsp3) is 0.400. The number of rotatable bonds is 3. The second-order valence-corrected chi connectivity index (χ2v) is 5.69. The van der Waals surface area contributed by atoms with Crippen LogP contribution >= 0.6 is 11.6 Å². The maximum Gasteiger partial charge on any atom is 0.127 e. The summed E-state index contributed by atoms with van der Waals surface area (Å²) in [7, 11) is 0. The summed E-state index contributed by atoms with van der Waals surface area (Å²) in [5.41, 5.74) is 10.7. The molecule has 3 N–H and O–H groups in total. The molecule has 0 saturated heterocycles. The Hall–Kier alpha value is -1.32. The van der Waals surface area contributed by atoms with Gasteiger partial charge < -0.3 is 10.7 Å². The molecule has 0 saturated carbocycles. The molecule has 0 bridgehead atoms. The highest BCUT2D eigenvalue weighted by Gasteiger charge is 2.31. The first-order valence-electron chi connectivity index (χ1n) is 6.74. The van der Waals surface area contributed by atoms with Crippen molar-refractivity contribution in [3.63, 3.8) is 0 Å². The Morgan fingerprint density at radius 1 is 1.37 bits per heavy atom. The minimum absolute atomic E-state index is 0.350. The van der Waals surface area contributed by atoms with Crippen molar-refractivity contribution in [1.82, 2.24) is 9.97 Å². The van der Waals surface area contributed by atoms with Gasteiger partial charge in [0.25, 0.3) is 0 Å². The maximum absolute atomic E-state index is 6.41. The Labute approximate surface area is 118 Å². The lowest BCUT2D eigenvalue weighted by atomic mass is 9.93. The van der Waals surface area contributed by atoms with Crippen LogP contribution in [-0.2, 0) is 12.0 Å². The van der Waals surface area contributed by atoms with Gasteiger partial charge in [-0.05, 0) is 30.5 Å². The minimum Gasteiger partial charge on any atom is -0.343 e. The molecule has 1 aliphatic rings. The van der Waals surface area contributed by atoms with E-state index in [-0.39, 0.29) is 5.54 Å². The van der Waals surface area contributed by atoms with E-state index in [9.17, 15) is 0 Å². The standard InChI is InChI=1S/C15H18ClN3/c1-3-15(17,4-2)14-18-12-8-9-7-10(16)5-6-11(9)13(12)19-14/h5-7H,3-4,8,17H2,1-2H3,(H,18,19). The molecule has 1 aromatic carbocycles. The average molecular weight is 276 g/mol. The second kappa shape index (κ2) is 4.36. The van der Waals surface area contributed by atoms with Crippen molar-refractivity contribution in [2.24, 2.45) is 5.73 Å². The number of aromatic nitrogens is 2. The monoisotopic (exact) mass is 275 g/mol. The van der Waals surface area contributed by atoms with Gasteiger partial charge in [0, 0.05) is 22.7 Å². The molecule has 0 atom stereocenters. The summed E-state index contributed by atoms with van der Waals surface area (Å²) in [5.74, 6) is 0.906. The Morgan fingerprint density at radius 3 is 2.79 bits per heavy atom. The highest BCUT2D eigenvalue weighted by atomic mass is 35.5. The first kappa shape index (κ1) is 12.7. The van der Waals surface area contributed by atoms with Crippen molar-refractivity contribution in [3.05, 3.63) is 40.3 Å². The normalized spacial score (nSPS) is 13.5. The van der Waals surface area contributed by atoms with Crippen molar-refractivity contribution < 1.29 is 0 Å². The number of nitrogens with one attached hydrogen (secondary N) is 1. The molecule has 0 spiro atoms. The van der Waals surface area contributed by atoms with Crippen LogP contribution in [0.1, 0.15) is 43.8 Å². The van der Waals surface area contributed by atoms with Crippen LogP contribution in [0.2, 0.25) is 5.02 Å². The van der Waals surface area contributed by atoms with Gasteiger partial charge in [0.1, 0.15) is 5.82 Å². The summed E-state index contributed by atoms with van der Waals surface area (Å²) in [6.07, 6.45) is 2.62. The maximum atomic E-state index is 6.41. The predicted octanol–water partition coefficient (Wildman–Crippen LogP) is 3.61. The average Bonchev–Trinajstić information content (AvgIpc) is 2.94. The van der Waals surface area contributed by atoms with Gasteiger partial charge in [-0.3, -0.25) is 0 Å². The van der Waals surface area contributed by atoms with Crippen LogP contribution in [0.3, 0.4) is 0 Å². The van der Waals surface area contributed by atoms with Gasteiger partial charge in [-0.25, -0.2) is 4.98 Å². The van der Waals surface area contributed by atoms with Crippen molar-refractivity contribution in [2.45, 2.75) is 38.6 Å². The molecule has 0 amide bonds. The highest BCUT2D eigenvalue weighted by Crippen LogP contribution is 2.38. The number of hydrogen-bond donors (Lipinski definition) is 2. The molecule has 1 aliphatic carbocycles. The molecule has 0 unspecified atom stereocenters.